The Morgan fingerprint density at radius 3 is 2.61 bits per heavy atom. The second kappa shape index (κ2) is 12.6. The van der Waals surface area contributed by atoms with Crippen LogP contribution in [0.2, 0.25) is 10.0 Å². The number of benzene rings is 3. The molecule has 11 heteroatoms. The first-order valence-corrected chi connectivity index (χ1v) is 16.6. The van der Waals surface area contributed by atoms with Crippen molar-refractivity contribution < 1.29 is 23.9 Å². The van der Waals surface area contributed by atoms with E-state index >= 15 is 0 Å². The van der Waals surface area contributed by atoms with Crippen molar-refractivity contribution in [3.05, 3.63) is 91.6 Å². The van der Waals surface area contributed by atoms with E-state index in [0.717, 1.165) is 40.3 Å². The summed E-state index contributed by atoms with van der Waals surface area (Å²) in [6, 6.07) is 16.7. The number of fused-ring (bicyclic) bond motifs is 1. The summed E-state index contributed by atoms with van der Waals surface area (Å²) in [5.41, 5.74) is 3.94. The maximum atomic E-state index is 11.6. The Labute approximate surface area is 280 Å². The van der Waals surface area contributed by atoms with Gasteiger partial charge in [0, 0.05) is 22.4 Å². The van der Waals surface area contributed by atoms with Crippen molar-refractivity contribution in [1.29, 1.82) is 5.26 Å². The van der Waals surface area contributed by atoms with Crippen molar-refractivity contribution in [1.82, 2.24) is 10.1 Å². The molecule has 2 atom stereocenters. The molecular formula is C35H31Cl2N3O5S. The van der Waals surface area contributed by atoms with Gasteiger partial charge in [0.25, 0.3) is 0 Å². The van der Waals surface area contributed by atoms with E-state index in [9.17, 15) is 15.2 Å². The van der Waals surface area contributed by atoms with E-state index in [1.807, 2.05) is 51.1 Å². The topological polar surface area (TPSA) is 118 Å². The van der Waals surface area contributed by atoms with Crippen LogP contribution in [0.1, 0.15) is 82.8 Å². The number of halogens is 2. The summed E-state index contributed by atoms with van der Waals surface area (Å²) >= 11 is 14.7. The van der Waals surface area contributed by atoms with Crippen LogP contribution >= 0.6 is 34.5 Å². The summed E-state index contributed by atoms with van der Waals surface area (Å²) in [6.07, 6.45) is 2.63. The Balaban J connectivity index is 0.00000182. The van der Waals surface area contributed by atoms with Crippen molar-refractivity contribution in [3.8, 4) is 28.8 Å². The lowest BCUT2D eigenvalue weighted by atomic mass is 9.94. The molecule has 8 nitrogen and oxygen atoms in total. The fraction of sp³-hybridized carbons (Fsp3) is 0.314. The van der Waals surface area contributed by atoms with Crippen LogP contribution in [0.5, 0.6) is 11.5 Å². The normalized spacial score (nSPS) is 18.4. The van der Waals surface area contributed by atoms with Gasteiger partial charge in [-0.1, -0.05) is 60.4 Å². The van der Waals surface area contributed by atoms with Gasteiger partial charge >= 0.3 is 5.97 Å². The van der Waals surface area contributed by atoms with Crippen molar-refractivity contribution in [2.75, 3.05) is 7.11 Å². The van der Waals surface area contributed by atoms with E-state index in [1.165, 1.54) is 24.5 Å². The number of nitriles is 1. The van der Waals surface area contributed by atoms with Crippen molar-refractivity contribution in [3.63, 3.8) is 0 Å². The first-order chi connectivity index (χ1) is 22.2. The predicted octanol–water partition coefficient (Wildman–Crippen LogP) is 9.70. The first kappa shape index (κ1) is 31.9. The number of hydrogen-bond donors (Lipinski definition) is 1. The Kier molecular flexibility index (Phi) is 8.73. The second-order valence-electron chi connectivity index (χ2n) is 11.2. The molecule has 3 aromatic carbocycles. The van der Waals surface area contributed by atoms with Crippen LogP contribution in [0.4, 0.5) is 0 Å². The molecule has 2 aliphatic carbocycles. The number of nitrogens with zero attached hydrogens (tertiary/aromatic N) is 3. The zero-order valence-corrected chi connectivity index (χ0v) is 28.0. The van der Waals surface area contributed by atoms with E-state index in [-0.39, 0.29) is 18.1 Å². The van der Waals surface area contributed by atoms with Crippen LogP contribution in [-0.4, -0.2) is 28.3 Å². The minimum absolute atomic E-state index is 0.120. The van der Waals surface area contributed by atoms with Crippen LogP contribution in [0.3, 0.4) is 0 Å². The monoisotopic (exact) mass is 675 g/mol. The molecule has 0 bridgehead atoms. The highest BCUT2D eigenvalue weighted by molar-refractivity contribution is 7.18. The molecular weight excluding hydrogens is 645 g/mol. The number of ether oxygens (including phenoxy) is 2. The Bertz CT molecular complexity index is 1990. The molecule has 0 radical (unpaired) electrons. The highest BCUT2D eigenvalue weighted by Crippen LogP contribution is 2.62. The standard InChI is InChI=1S/C33H25Cl2N3O5S.C2H6/c1-16-4-3-5-23(34)27(16)28-20(30(43-38-28)17-6-7-17)14-42-19-8-9-21(24(35)12-19)33(15-36)13-22(33)31-37-29-25(41-2)10-18(32(39)40)11-26(29)44-31;1-2/h3-5,8-12,17,22H,6-7,13-14H2,1-2H3,(H,39,40);1-2H3. The molecule has 2 aliphatic rings. The Morgan fingerprint density at radius 1 is 1.17 bits per heavy atom. The molecule has 2 heterocycles. The first-order valence-electron chi connectivity index (χ1n) is 15.0. The van der Waals surface area contributed by atoms with E-state index in [1.54, 1.807) is 12.1 Å². The number of hydrogen-bond acceptors (Lipinski definition) is 8. The molecule has 0 aliphatic heterocycles. The minimum atomic E-state index is -1.05. The number of thiazole rings is 1. The zero-order chi connectivity index (χ0) is 32.7. The minimum Gasteiger partial charge on any atom is -0.494 e. The molecule has 46 heavy (non-hydrogen) atoms. The summed E-state index contributed by atoms with van der Waals surface area (Å²) in [5, 5.41) is 26.0. The van der Waals surface area contributed by atoms with E-state index in [4.69, 9.17) is 42.2 Å². The van der Waals surface area contributed by atoms with Gasteiger partial charge < -0.3 is 19.1 Å². The van der Waals surface area contributed by atoms with Crippen LogP contribution in [0, 0.1) is 18.3 Å². The SMILES string of the molecule is CC.COc1cc(C(=O)O)cc2sc(C3CC3(C#N)c3ccc(OCc4c(-c5c(C)cccc5Cl)noc4C4CC4)cc3Cl)nc12. The number of rotatable bonds is 9. The van der Waals surface area contributed by atoms with Gasteiger partial charge in [-0.2, -0.15) is 5.26 Å². The highest BCUT2D eigenvalue weighted by atomic mass is 35.5. The third-order valence-corrected chi connectivity index (χ3v) is 10.2. The smallest absolute Gasteiger partial charge is 0.335 e. The summed E-state index contributed by atoms with van der Waals surface area (Å²) in [5.74, 6) is 0.857. The average Bonchev–Trinajstić information content (AvgIpc) is 3.95. The second-order valence-corrected chi connectivity index (χ2v) is 13.1. The summed E-state index contributed by atoms with van der Waals surface area (Å²) < 4.78 is 18.1. The van der Waals surface area contributed by atoms with E-state index < -0.39 is 11.4 Å². The van der Waals surface area contributed by atoms with E-state index in [2.05, 4.69) is 11.2 Å². The van der Waals surface area contributed by atoms with Gasteiger partial charge in [0.15, 0.2) is 0 Å². The number of carboxylic acid groups (broad SMARTS) is 1. The van der Waals surface area contributed by atoms with Crippen molar-refractivity contribution >= 4 is 50.7 Å². The quantitative estimate of drug-likeness (QED) is 0.164. The Hall–Kier alpha value is -4.10. The van der Waals surface area contributed by atoms with Gasteiger partial charge in [0.1, 0.15) is 35.1 Å². The van der Waals surface area contributed by atoms with Gasteiger partial charge in [-0.15, -0.1) is 11.3 Å². The molecule has 2 saturated carbocycles. The predicted molar refractivity (Wildman–Crippen MR) is 179 cm³/mol. The molecule has 1 N–H and O–H groups in total. The lowest BCUT2D eigenvalue weighted by molar-refractivity contribution is 0.0696. The molecule has 0 amide bonds. The van der Waals surface area contributed by atoms with Gasteiger partial charge in [-0.3, -0.25) is 0 Å². The summed E-state index contributed by atoms with van der Waals surface area (Å²) in [4.78, 5) is 16.3. The molecule has 236 valence electrons. The molecule has 2 aromatic heterocycles. The van der Waals surface area contributed by atoms with Crippen molar-refractivity contribution in [2.24, 2.45) is 0 Å². The maximum Gasteiger partial charge on any atom is 0.335 e. The summed E-state index contributed by atoms with van der Waals surface area (Å²) in [7, 11) is 1.48. The fourth-order valence-electron chi connectivity index (χ4n) is 5.85. The molecule has 0 saturated heterocycles. The van der Waals surface area contributed by atoms with Crippen LogP contribution in [0.25, 0.3) is 21.5 Å². The molecule has 7 rings (SSSR count). The maximum absolute atomic E-state index is 11.6. The number of aromatic nitrogens is 2. The highest BCUT2D eigenvalue weighted by Gasteiger charge is 2.59. The number of aromatic carboxylic acids is 1. The molecule has 2 fully saturated rings. The number of aryl methyl sites for hydroxylation is 1. The number of methoxy groups -OCH3 is 1. The van der Waals surface area contributed by atoms with Crippen molar-refractivity contribution in [2.45, 2.75) is 63.9 Å². The third kappa shape index (κ3) is 5.59. The molecule has 0 spiro atoms. The summed E-state index contributed by atoms with van der Waals surface area (Å²) in [6.45, 7) is 6.22. The number of carbonyl (C=O) groups is 1. The largest absolute Gasteiger partial charge is 0.494 e. The van der Waals surface area contributed by atoms with Gasteiger partial charge in [-0.25, -0.2) is 9.78 Å². The molecule has 5 aromatic rings. The fourth-order valence-corrected chi connectivity index (χ4v) is 7.71. The Morgan fingerprint density at radius 2 is 1.96 bits per heavy atom. The lowest BCUT2D eigenvalue weighted by Crippen LogP contribution is -2.08. The molecule has 2 unspecified atom stereocenters. The van der Waals surface area contributed by atoms with Gasteiger partial charge in [0.2, 0.25) is 0 Å². The zero-order valence-electron chi connectivity index (χ0n) is 25.7. The lowest BCUT2D eigenvalue weighted by Gasteiger charge is -2.14. The van der Waals surface area contributed by atoms with Crippen LogP contribution in [0.15, 0.2) is 53.1 Å². The van der Waals surface area contributed by atoms with Crippen LogP contribution < -0.4 is 9.47 Å². The third-order valence-electron chi connectivity index (χ3n) is 8.43. The average molecular weight is 677 g/mol. The van der Waals surface area contributed by atoms with Gasteiger partial charge in [-0.05, 0) is 67.6 Å². The van der Waals surface area contributed by atoms with Gasteiger partial charge in [0.05, 0.1) is 44.5 Å². The van der Waals surface area contributed by atoms with E-state index in [0.29, 0.717) is 55.4 Å². The van der Waals surface area contributed by atoms with Crippen LogP contribution in [-0.2, 0) is 12.0 Å². The number of carboxylic acids is 1.